The highest BCUT2D eigenvalue weighted by Crippen LogP contribution is 2.31. The first-order valence-corrected chi connectivity index (χ1v) is 8.18. The van der Waals surface area contributed by atoms with E-state index in [0.717, 1.165) is 30.0 Å². The van der Waals surface area contributed by atoms with Crippen LogP contribution in [0.4, 0.5) is 0 Å². The summed E-state index contributed by atoms with van der Waals surface area (Å²) in [5.41, 5.74) is 2.27. The fraction of sp³-hybridized carbons (Fsp3) is 0.800. The molecule has 0 amide bonds. The maximum atomic E-state index is 6.38. The lowest BCUT2D eigenvalue weighted by Crippen LogP contribution is -2.44. The molecule has 3 rings (SSSR count). The number of nitrogens with one attached hydrogen (secondary N) is 1. The minimum absolute atomic E-state index is 0.653. The topological polar surface area (TPSA) is 33.1 Å². The maximum Gasteiger partial charge on any atom is 0.131 e. The summed E-state index contributed by atoms with van der Waals surface area (Å²) in [5, 5.41) is 8.89. The Balaban J connectivity index is 1.67. The number of piperidine rings is 1. The van der Waals surface area contributed by atoms with E-state index < -0.39 is 0 Å². The number of aryl methyl sites for hydroxylation is 2. The number of hydrogen-bond acceptors (Lipinski definition) is 3. The van der Waals surface area contributed by atoms with Crippen molar-refractivity contribution in [1.29, 1.82) is 0 Å². The van der Waals surface area contributed by atoms with Gasteiger partial charge in [0.2, 0.25) is 0 Å². The van der Waals surface area contributed by atoms with E-state index in [4.69, 9.17) is 11.6 Å². The largest absolute Gasteiger partial charge is 0.313 e. The molecule has 0 radical (unpaired) electrons. The van der Waals surface area contributed by atoms with Crippen LogP contribution < -0.4 is 5.32 Å². The second-order valence-corrected chi connectivity index (χ2v) is 6.64. The molecule has 1 atom stereocenters. The van der Waals surface area contributed by atoms with Crippen molar-refractivity contribution in [3.05, 3.63) is 16.4 Å². The smallest absolute Gasteiger partial charge is 0.131 e. The molecule has 1 saturated heterocycles. The van der Waals surface area contributed by atoms with Crippen LogP contribution in [0.15, 0.2) is 0 Å². The van der Waals surface area contributed by atoms with Gasteiger partial charge in [0.05, 0.1) is 5.69 Å². The van der Waals surface area contributed by atoms with Crippen LogP contribution in [0, 0.1) is 6.92 Å². The molecule has 1 aliphatic carbocycles. The van der Waals surface area contributed by atoms with Gasteiger partial charge in [-0.3, -0.25) is 9.58 Å². The molecule has 0 bridgehead atoms. The Bertz CT molecular complexity index is 461. The van der Waals surface area contributed by atoms with E-state index in [1.165, 1.54) is 44.2 Å². The molecule has 0 aromatic carbocycles. The minimum atomic E-state index is 0.653. The Hall–Kier alpha value is -0.580. The maximum absolute atomic E-state index is 6.38. The van der Waals surface area contributed by atoms with Crippen molar-refractivity contribution in [1.82, 2.24) is 20.0 Å². The number of nitrogens with zero attached hydrogens (tertiary/aromatic N) is 3. The molecule has 2 fully saturated rings. The van der Waals surface area contributed by atoms with Crippen molar-refractivity contribution in [3.8, 4) is 0 Å². The molecular formula is C15H25ClN4. The van der Waals surface area contributed by atoms with Crippen molar-refractivity contribution in [2.24, 2.45) is 7.05 Å². The Kier molecular flexibility index (Phi) is 4.34. The molecule has 112 valence electrons. The van der Waals surface area contributed by atoms with E-state index >= 15 is 0 Å². The zero-order chi connectivity index (χ0) is 14.1. The molecule has 2 aliphatic rings. The van der Waals surface area contributed by atoms with E-state index in [-0.39, 0.29) is 0 Å². The van der Waals surface area contributed by atoms with Gasteiger partial charge >= 0.3 is 0 Å². The molecule has 1 unspecified atom stereocenters. The molecule has 1 aromatic rings. The lowest BCUT2D eigenvalue weighted by molar-refractivity contribution is 0.208. The van der Waals surface area contributed by atoms with Crippen LogP contribution in [0.5, 0.6) is 0 Å². The lowest BCUT2D eigenvalue weighted by atomic mass is 10.0. The Morgan fingerprint density at radius 1 is 1.35 bits per heavy atom. The second-order valence-electron chi connectivity index (χ2n) is 6.29. The van der Waals surface area contributed by atoms with E-state index in [1.54, 1.807) is 4.68 Å². The minimum Gasteiger partial charge on any atom is -0.313 e. The van der Waals surface area contributed by atoms with Gasteiger partial charge in [0.25, 0.3) is 0 Å². The highest BCUT2D eigenvalue weighted by Gasteiger charge is 2.32. The molecule has 4 nitrogen and oxygen atoms in total. The predicted molar refractivity (Wildman–Crippen MR) is 82.0 cm³/mol. The number of halogens is 1. The molecule has 5 heteroatoms. The average Bonchev–Trinajstić information content (AvgIpc) is 3.24. The third kappa shape index (κ3) is 3.18. The summed E-state index contributed by atoms with van der Waals surface area (Å²) < 4.78 is 1.79. The Morgan fingerprint density at radius 2 is 2.15 bits per heavy atom. The van der Waals surface area contributed by atoms with Gasteiger partial charge < -0.3 is 5.32 Å². The first-order valence-electron chi connectivity index (χ1n) is 7.80. The summed E-state index contributed by atoms with van der Waals surface area (Å²) in [6.07, 6.45) is 6.67. The number of aromatic nitrogens is 2. The zero-order valence-electron chi connectivity index (χ0n) is 12.5. The van der Waals surface area contributed by atoms with Crippen molar-refractivity contribution in [2.75, 3.05) is 13.1 Å². The van der Waals surface area contributed by atoms with Crippen molar-refractivity contribution >= 4 is 11.6 Å². The van der Waals surface area contributed by atoms with Crippen LogP contribution in [0.2, 0.25) is 5.15 Å². The SMILES string of the molecule is Cc1nn(C)c(Cl)c1CN(CC1CCCCN1)C1CC1. The van der Waals surface area contributed by atoms with Crippen molar-refractivity contribution < 1.29 is 0 Å². The summed E-state index contributed by atoms with van der Waals surface area (Å²) in [6, 6.07) is 1.41. The number of rotatable bonds is 5. The van der Waals surface area contributed by atoms with E-state index in [1.807, 2.05) is 7.05 Å². The molecule has 1 N–H and O–H groups in total. The fourth-order valence-electron chi connectivity index (χ4n) is 3.20. The molecule has 0 spiro atoms. The van der Waals surface area contributed by atoms with Crippen molar-refractivity contribution in [3.63, 3.8) is 0 Å². The molecule has 1 aliphatic heterocycles. The van der Waals surface area contributed by atoms with E-state index in [9.17, 15) is 0 Å². The lowest BCUT2D eigenvalue weighted by Gasteiger charge is -2.30. The average molecular weight is 297 g/mol. The standard InChI is InChI=1S/C15H25ClN4/c1-11-14(15(16)19(2)18-11)10-20(13-6-7-13)9-12-5-3-4-8-17-12/h12-13,17H,3-10H2,1-2H3. The van der Waals surface area contributed by atoms with Gasteiger partial charge in [-0.25, -0.2) is 0 Å². The van der Waals surface area contributed by atoms with Gasteiger partial charge in [-0.15, -0.1) is 0 Å². The van der Waals surface area contributed by atoms with E-state index in [0.29, 0.717) is 6.04 Å². The van der Waals surface area contributed by atoms with Crippen LogP contribution in [0.3, 0.4) is 0 Å². The van der Waals surface area contributed by atoms with Gasteiger partial charge in [-0.05, 0) is 39.2 Å². The summed E-state index contributed by atoms with van der Waals surface area (Å²) in [5.74, 6) is 0. The molecular weight excluding hydrogens is 272 g/mol. The van der Waals surface area contributed by atoms with Crippen LogP contribution in [0.25, 0.3) is 0 Å². The highest BCUT2D eigenvalue weighted by atomic mass is 35.5. The second kappa shape index (κ2) is 6.04. The summed E-state index contributed by atoms with van der Waals surface area (Å²) in [6.45, 7) is 5.33. The van der Waals surface area contributed by atoms with Gasteiger partial charge in [0.1, 0.15) is 5.15 Å². The van der Waals surface area contributed by atoms with Gasteiger partial charge in [-0.2, -0.15) is 5.10 Å². The van der Waals surface area contributed by atoms with Crippen LogP contribution >= 0.6 is 11.6 Å². The predicted octanol–water partition coefficient (Wildman–Crippen LogP) is 2.49. The normalized spacial score (nSPS) is 23.5. The number of hydrogen-bond donors (Lipinski definition) is 1. The van der Waals surface area contributed by atoms with Gasteiger partial charge in [0, 0.05) is 37.8 Å². The van der Waals surface area contributed by atoms with Gasteiger partial charge in [0.15, 0.2) is 0 Å². The molecule has 1 aromatic heterocycles. The molecule has 20 heavy (non-hydrogen) atoms. The van der Waals surface area contributed by atoms with Crippen LogP contribution in [-0.2, 0) is 13.6 Å². The zero-order valence-corrected chi connectivity index (χ0v) is 13.3. The monoisotopic (exact) mass is 296 g/mol. The fourth-order valence-corrected chi connectivity index (χ4v) is 3.44. The van der Waals surface area contributed by atoms with Gasteiger partial charge in [-0.1, -0.05) is 18.0 Å². The summed E-state index contributed by atoms with van der Waals surface area (Å²) in [4.78, 5) is 2.61. The van der Waals surface area contributed by atoms with Crippen LogP contribution in [-0.4, -0.2) is 39.9 Å². The first-order chi connectivity index (χ1) is 9.65. The van der Waals surface area contributed by atoms with Crippen molar-refractivity contribution in [2.45, 2.75) is 57.7 Å². The summed E-state index contributed by atoms with van der Waals surface area (Å²) >= 11 is 6.38. The van der Waals surface area contributed by atoms with Crippen LogP contribution in [0.1, 0.15) is 43.4 Å². The quantitative estimate of drug-likeness (QED) is 0.906. The third-order valence-electron chi connectivity index (χ3n) is 4.56. The third-order valence-corrected chi connectivity index (χ3v) is 5.03. The first kappa shape index (κ1) is 14.4. The highest BCUT2D eigenvalue weighted by molar-refractivity contribution is 6.30. The Labute approximate surface area is 126 Å². The summed E-state index contributed by atoms with van der Waals surface area (Å²) in [7, 11) is 1.92. The van der Waals surface area contributed by atoms with E-state index in [2.05, 4.69) is 22.2 Å². The Morgan fingerprint density at radius 3 is 2.70 bits per heavy atom. The molecule has 2 heterocycles. The molecule has 1 saturated carbocycles.